The number of halogens is 2. The molecule has 0 radical (unpaired) electrons. The van der Waals surface area contributed by atoms with Gasteiger partial charge in [-0.1, -0.05) is 32.4 Å². The number of aliphatic hydroxyl groups is 2. The van der Waals surface area contributed by atoms with Crippen LogP contribution in [0.4, 0.5) is 8.78 Å². The quantitative estimate of drug-likeness (QED) is 0.823. The molecule has 0 amide bonds. The lowest BCUT2D eigenvalue weighted by Crippen LogP contribution is -2.27. The molecule has 0 aliphatic carbocycles. The van der Waals surface area contributed by atoms with Gasteiger partial charge in [-0.2, -0.15) is 0 Å². The van der Waals surface area contributed by atoms with Crippen LogP contribution < -0.4 is 0 Å². The summed E-state index contributed by atoms with van der Waals surface area (Å²) in [6.07, 6.45) is -0.251. The molecule has 1 rings (SSSR count). The van der Waals surface area contributed by atoms with Gasteiger partial charge in [-0.05, 0) is 30.4 Å². The molecule has 0 bridgehead atoms. The van der Waals surface area contributed by atoms with Gasteiger partial charge in [-0.25, -0.2) is 8.78 Å². The highest BCUT2D eigenvalue weighted by Crippen LogP contribution is 2.26. The average Bonchev–Trinajstić information content (AvgIpc) is 2.32. The second kappa shape index (κ2) is 6.81. The van der Waals surface area contributed by atoms with E-state index in [9.17, 15) is 19.0 Å². The van der Waals surface area contributed by atoms with Crippen LogP contribution in [0.1, 0.15) is 44.6 Å². The molecular weight excluding hydrogens is 238 g/mol. The fourth-order valence-corrected chi connectivity index (χ4v) is 2.04. The third-order valence-corrected chi connectivity index (χ3v) is 3.14. The van der Waals surface area contributed by atoms with E-state index in [1.807, 2.05) is 6.92 Å². The summed E-state index contributed by atoms with van der Waals surface area (Å²) in [6, 6.07) is 4.01. The van der Waals surface area contributed by atoms with E-state index in [1.165, 1.54) is 12.1 Å². The van der Waals surface area contributed by atoms with Crippen LogP contribution >= 0.6 is 0 Å². The number of hydrogen-bond donors (Lipinski definition) is 2. The lowest BCUT2D eigenvalue weighted by atomic mass is 9.91. The summed E-state index contributed by atoms with van der Waals surface area (Å²) in [4.78, 5) is 0. The second-order valence-electron chi connectivity index (χ2n) is 4.70. The maximum atomic E-state index is 13.5. The van der Waals surface area contributed by atoms with E-state index in [4.69, 9.17) is 0 Å². The fourth-order valence-electron chi connectivity index (χ4n) is 2.04. The molecule has 1 aromatic carbocycles. The lowest BCUT2D eigenvalue weighted by molar-refractivity contribution is 0.00620. The number of aliphatic hydroxyl groups excluding tert-OH is 2. The smallest absolute Gasteiger partial charge is 0.162 e. The Morgan fingerprint density at radius 3 is 2.44 bits per heavy atom. The van der Waals surface area contributed by atoms with Crippen LogP contribution in [0.25, 0.3) is 0 Å². The largest absolute Gasteiger partial charge is 0.390 e. The van der Waals surface area contributed by atoms with Crippen molar-refractivity contribution in [2.75, 3.05) is 0 Å². The standard InChI is InChI=1S/C14H20F2O2/c1-3-5-12(17)13(18)8-9(2)10-6-4-7-11(15)14(10)16/h4,6-7,9,12-13,17-18H,3,5,8H2,1-2H3. The Kier molecular flexibility index (Phi) is 5.69. The van der Waals surface area contributed by atoms with E-state index in [0.717, 1.165) is 12.5 Å². The first-order chi connectivity index (χ1) is 8.47. The van der Waals surface area contributed by atoms with Gasteiger partial charge in [0.15, 0.2) is 11.6 Å². The maximum Gasteiger partial charge on any atom is 0.162 e. The van der Waals surface area contributed by atoms with Crippen molar-refractivity contribution < 1.29 is 19.0 Å². The monoisotopic (exact) mass is 258 g/mol. The normalized spacial score (nSPS) is 16.3. The summed E-state index contributed by atoms with van der Waals surface area (Å²) < 4.78 is 26.6. The Bertz CT molecular complexity index is 382. The summed E-state index contributed by atoms with van der Waals surface area (Å²) in [7, 11) is 0. The Hall–Kier alpha value is -1.00. The van der Waals surface area contributed by atoms with Crippen molar-refractivity contribution >= 4 is 0 Å². The van der Waals surface area contributed by atoms with Crippen LogP contribution in [-0.2, 0) is 0 Å². The Morgan fingerprint density at radius 2 is 1.83 bits per heavy atom. The average molecular weight is 258 g/mol. The van der Waals surface area contributed by atoms with Crippen LogP contribution in [0.5, 0.6) is 0 Å². The van der Waals surface area contributed by atoms with Crippen molar-refractivity contribution in [3.05, 3.63) is 35.4 Å². The number of rotatable bonds is 6. The summed E-state index contributed by atoms with van der Waals surface area (Å²) in [5, 5.41) is 19.4. The minimum Gasteiger partial charge on any atom is -0.390 e. The van der Waals surface area contributed by atoms with Crippen molar-refractivity contribution in [3.8, 4) is 0 Å². The minimum absolute atomic E-state index is 0.210. The molecule has 3 unspecified atom stereocenters. The van der Waals surface area contributed by atoms with Crippen LogP contribution in [0.2, 0.25) is 0 Å². The van der Waals surface area contributed by atoms with Crippen molar-refractivity contribution in [1.29, 1.82) is 0 Å². The molecule has 0 aliphatic heterocycles. The van der Waals surface area contributed by atoms with E-state index in [2.05, 4.69) is 0 Å². The molecule has 0 spiro atoms. The minimum atomic E-state index is -0.914. The first-order valence-corrected chi connectivity index (χ1v) is 6.27. The molecule has 4 heteroatoms. The SMILES string of the molecule is CCCC(O)C(O)CC(C)c1cccc(F)c1F. The predicted molar refractivity (Wildman–Crippen MR) is 66.3 cm³/mol. The summed E-state index contributed by atoms with van der Waals surface area (Å²) >= 11 is 0. The van der Waals surface area contributed by atoms with Crippen molar-refractivity contribution in [3.63, 3.8) is 0 Å². The predicted octanol–water partition coefficient (Wildman–Crippen LogP) is 2.98. The van der Waals surface area contributed by atoms with E-state index < -0.39 is 23.8 Å². The van der Waals surface area contributed by atoms with E-state index in [-0.39, 0.29) is 17.9 Å². The molecule has 0 saturated carbocycles. The Balaban J connectivity index is 2.70. The highest BCUT2D eigenvalue weighted by atomic mass is 19.2. The number of hydrogen-bond acceptors (Lipinski definition) is 2. The van der Waals surface area contributed by atoms with Crippen molar-refractivity contribution in [2.24, 2.45) is 0 Å². The van der Waals surface area contributed by atoms with Gasteiger partial charge < -0.3 is 10.2 Å². The van der Waals surface area contributed by atoms with Crippen molar-refractivity contribution in [1.82, 2.24) is 0 Å². The second-order valence-corrected chi connectivity index (χ2v) is 4.70. The van der Waals surface area contributed by atoms with Crippen LogP contribution in [0, 0.1) is 11.6 Å². The lowest BCUT2D eigenvalue weighted by Gasteiger charge is -2.21. The summed E-state index contributed by atoms with van der Waals surface area (Å²) in [5.74, 6) is -2.10. The van der Waals surface area contributed by atoms with Crippen LogP contribution in [0.3, 0.4) is 0 Å². The first-order valence-electron chi connectivity index (χ1n) is 6.27. The van der Waals surface area contributed by atoms with Gasteiger partial charge >= 0.3 is 0 Å². The van der Waals surface area contributed by atoms with Gasteiger partial charge in [0.05, 0.1) is 12.2 Å². The molecule has 0 saturated heterocycles. The zero-order chi connectivity index (χ0) is 13.7. The van der Waals surface area contributed by atoms with Crippen molar-refractivity contribution in [2.45, 2.75) is 51.2 Å². The molecule has 1 aromatic rings. The molecular formula is C14H20F2O2. The zero-order valence-electron chi connectivity index (χ0n) is 10.7. The molecule has 0 aliphatic rings. The third-order valence-electron chi connectivity index (χ3n) is 3.14. The van der Waals surface area contributed by atoms with E-state index >= 15 is 0 Å². The highest BCUT2D eigenvalue weighted by molar-refractivity contribution is 5.22. The molecule has 2 N–H and O–H groups in total. The fraction of sp³-hybridized carbons (Fsp3) is 0.571. The number of benzene rings is 1. The molecule has 3 atom stereocenters. The molecule has 0 fully saturated rings. The topological polar surface area (TPSA) is 40.5 Å². The highest BCUT2D eigenvalue weighted by Gasteiger charge is 2.21. The van der Waals surface area contributed by atoms with Gasteiger partial charge in [-0.3, -0.25) is 0 Å². The summed E-state index contributed by atoms with van der Waals surface area (Å²) in [5.41, 5.74) is 0.234. The van der Waals surface area contributed by atoms with Gasteiger partial charge in [0, 0.05) is 0 Å². The van der Waals surface area contributed by atoms with E-state index in [1.54, 1.807) is 6.92 Å². The Morgan fingerprint density at radius 1 is 1.17 bits per heavy atom. The van der Waals surface area contributed by atoms with Gasteiger partial charge in [-0.15, -0.1) is 0 Å². The molecule has 18 heavy (non-hydrogen) atoms. The van der Waals surface area contributed by atoms with E-state index in [0.29, 0.717) is 6.42 Å². The molecule has 0 aromatic heterocycles. The Labute approximate surface area is 106 Å². The van der Waals surface area contributed by atoms with Crippen LogP contribution in [-0.4, -0.2) is 22.4 Å². The molecule has 2 nitrogen and oxygen atoms in total. The van der Waals surface area contributed by atoms with Gasteiger partial charge in [0.25, 0.3) is 0 Å². The zero-order valence-corrected chi connectivity index (χ0v) is 10.7. The third kappa shape index (κ3) is 3.75. The van der Waals surface area contributed by atoms with Gasteiger partial charge in [0.2, 0.25) is 0 Å². The van der Waals surface area contributed by atoms with Gasteiger partial charge in [0.1, 0.15) is 0 Å². The molecule has 102 valence electrons. The summed E-state index contributed by atoms with van der Waals surface area (Å²) in [6.45, 7) is 3.62. The first kappa shape index (κ1) is 15.1. The molecule has 0 heterocycles. The van der Waals surface area contributed by atoms with Crippen LogP contribution in [0.15, 0.2) is 18.2 Å². The maximum absolute atomic E-state index is 13.5.